The number of likely N-dealkylation sites (N-methyl/N-ethyl adjacent to an activating group) is 1. The van der Waals surface area contributed by atoms with Crippen LogP contribution in [-0.4, -0.2) is 56.0 Å². The van der Waals surface area contributed by atoms with Crippen molar-refractivity contribution >= 4 is 11.6 Å². The Morgan fingerprint density at radius 2 is 1.78 bits per heavy atom. The van der Waals surface area contributed by atoms with Crippen molar-refractivity contribution in [2.75, 3.05) is 39.6 Å². The molecule has 0 spiro atoms. The minimum atomic E-state index is -0.0431. The SMILES string of the molecule is COc1ccc([C@@H]2CN(Cc3ccc(NC(C)=O)cc3)C[C@H]2N(C)C)cc1. The summed E-state index contributed by atoms with van der Waals surface area (Å²) in [5.74, 6) is 1.33. The van der Waals surface area contributed by atoms with E-state index in [9.17, 15) is 4.79 Å². The van der Waals surface area contributed by atoms with Crippen LogP contribution in [0, 0.1) is 0 Å². The van der Waals surface area contributed by atoms with Gasteiger partial charge in [-0.05, 0) is 49.5 Å². The first-order valence-electron chi connectivity index (χ1n) is 9.35. The smallest absolute Gasteiger partial charge is 0.221 e. The van der Waals surface area contributed by atoms with E-state index in [-0.39, 0.29) is 5.91 Å². The van der Waals surface area contributed by atoms with Gasteiger partial charge in [-0.2, -0.15) is 0 Å². The maximum absolute atomic E-state index is 11.2. The number of nitrogens with one attached hydrogen (secondary N) is 1. The monoisotopic (exact) mass is 367 g/mol. The van der Waals surface area contributed by atoms with E-state index >= 15 is 0 Å². The maximum Gasteiger partial charge on any atom is 0.221 e. The minimum Gasteiger partial charge on any atom is -0.497 e. The highest BCUT2D eigenvalue weighted by Crippen LogP contribution is 2.32. The Labute approximate surface area is 161 Å². The zero-order chi connectivity index (χ0) is 19.4. The Kier molecular flexibility index (Phi) is 6.14. The van der Waals surface area contributed by atoms with Gasteiger partial charge in [-0.3, -0.25) is 9.69 Å². The van der Waals surface area contributed by atoms with E-state index in [0.717, 1.165) is 31.1 Å². The summed E-state index contributed by atoms with van der Waals surface area (Å²) in [6.45, 7) is 4.51. The van der Waals surface area contributed by atoms with Crippen LogP contribution in [0.4, 0.5) is 5.69 Å². The molecule has 1 aliphatic rings. The Morgan fingerprint density at radius 1 is 1.11 bits per heavy atom. The predicted octanol–water partition coefficient (Wildman–Crippen LogP) is 3.18. The fourth-order valence-corrected chi connectivity index (χ4v) is 3.85. The number of carbonyl (C=O) groups is 1. The number of likely N-dealkylation sites (tertiary alicyclic amines) is 1. The topological polar surface area (TPSA) is 44.8 Å². The number of hydrogen-bond donors (Lipinski definition) is 1. The van der Waals surface area contributed by atoms with Gasteiger partial charge in [0.15, 0.2) is 0 Å². The Hall–Kier alpha value is -2.37. The standard InChI is InChI=1S/C22H29N3O2/c1-16(26)23-19-9-5-17(6-10-19)13-25-14-21(22(15-25)24(2)3)18-7-11-20(27-4)12-8-18/h5-12,21-22H,13-15H2,1-4H3,(H,23,26)/t21-,22+/m0/s1. The van der Waals surface area contributed by atoms with Crippen molar-refractivity contribution in [1.29, 1.82) is 0 Å². The second kappa shape index (κ2) is 8.55. The third kappa shape index (κ3) is 4.87. The van der Waals surface area contributed by atoms with Crippen LogP contribution in [0.25, 0.3) is 0 Å². The van der Waals surface area contributed by atoms with Gasteiger partial charge in [0.2, 0.25) is 5.91 Å². The zero-order valence-corrected chi connectivity index (χ0v) is 16.6. The summed E-state index contributed by atoms with van der Waals surface area (Å²) in [6, 6.07) is 17.1. The molecule has 0 aromatic heterocycles. The first kappa shape index (κ1) is 19.4. The van der Waals surface area contributed by atoms with Crippen LogP contribution >= 0.6 is 0 Å². The van der Waals surface area contributed by atoms with Gasteiger partial charge in [0.1, 0.15) is 5.75 Å². The number of ether oxygens (including phenoxy) is 1. The van der Waals surface area contributed by atoms with Crippen molar-refractivity contribution in [1.82, 2.24) is 9.80 Å². The van der Waals surface area contributed by atoms with Crippen molar-refractivity contribution in [2.24, 2.45) is 0 Å². The van der Waals surface area contributed by atoms with Gasteiger partial charge >= 0.3 is 0 Å². The van der Waals surface area contributed by atoms with Crippen molar-refractivity contribution in [2.45, 2.75) is 25.4 Å². The molecule has 144 valence electrons. The number of carbonyl (C=O) groups excluding carboxylic acids is 1. The van der Waals surface area contributed by atoms with Crippen LogP contribution in [0.3, 0.4) is 0 Å². The molecule has 1 aliphatic heterocycles. The van der Waals surface area contributed by atoms with Crippen molar-refractivity contribution in [3.05, 3.63) is 59.7 Å². The summed E-state index contributed by atoms with van der Waals surface area (Å²) < 4.78 is 5.29. The van der Waals surface area contributed by atoms with Gasteiger partial charge < -0.3 is 15.0 Å². The van der Waals surface area contributed by atoms with Crippen LogP contribution in [0.15, 0.2) is 48.5 Å². The molecule has 5 nitrogen and oxygen atoms in total. The maximum atomic E-state index is 11.2. The van der Waals surface area contributed by atoms with E-state index in [1.807, 2.05) is 24.3 Å². The normalized spacial score (nSPS) is 20.0. The highest BCUT2D eigenvalue weighted by Gasteiger charge is 2.35. The molecular formula is C22H29N3O2. The lowest BCUT2D eigenvalue weighted by atomic mass is 9.93. The molecule has 0 bridgehead atoms. The molecule has 1 N–H and O–H groups in total. The second-order valence-electron chi connectivity index (χ2n) is 7.48. The lowest BCUT2D eigenvalue weighted by Crippen LogP contribution is -2.34. The van der Waals surface area contributed by atoms with Gasteiger partial charge in [0.25, 0.3) is 0 Å². The molecule has 1 amide bonds. The summed E-state index contributed by atoms with van der Waals surface area (Å²) in [7, 11) is 6.02. The van der Waals surface area contributed by atoms with Crippen molar-refractivity contribution < 1.29 is 9.53 Å². The number of benzene rings is 2. The molecule has 0 aliphatic carbocycles. The van der Waals surface area contributed by atoms with E-state index < -0.39 is 0 Å². The summed E-state index contributed by atoms with van der Waals surface area (Å²) in [4.78, 5) is 16.0. The fraction of sp³-hybridized carbons (Fsp3) is 0.409. The van der Waals surface area contributed by atoms with E-state index in [2.05, 4.69) is 53.5 Å². The summed E-state index contributed by atoms with van der Waals surface area (Å²) in [6.07, 6.45) is 0. The lowest BCUT2D eigenvalue weighted by molar-refractivity contribution is -0.114. The Morgan fingerprint density at radius 3 is 2.33 bits per heavy atom. The van der Waals surface area contributed by atoms with Gasteiger partial charge in [-0.1, -0.05) is 24.3 Å². The number of hydrogen-bond acceptors (Lipinski definition) is 4. The number of methoxy groups -OCH3 is 1. The third-order valence-electron chi connectivity index (χ3n) is 5.25. The quantitative estimate of drug-likeness (QED) is 0.852. The van der Waals surface area contributed by atoms with Gasteiger partial charge in [-0.15, -0.1) is 0 Å². The second-order valence-corrected chi connectivity index (χ2v) is 7.48. The van der Waals surface area contributed by atoms with Crippen LogP contribution in [-0.2, 0) is 11.3 Å². The average molecular weight is 367 g/mol. The highest BCUT2D eigenvalue weighted by atomic mass is 16.5. The summed E-state index contributed by atoms with van der Waals surface area (Å²) >= 11 is 0. The first-order valence-corrected chi connectivity index (χ1v) is 9.35. The van der Waals surface area contributed by atoms with Crippen molar-refractivity contribution in [3.63, 3.8) is 0 Å². The summed E-state index contributed by atoms with van der Waals surface area (Å²) in [5.41, 5.74) is 3.46. The van der Waals surface area contributed by atoms with Crippen LogP contribution in [0.1, 0.15) is 24.0 Å². The Bertz CT molecular complexity index is 756. The minimum absolute atomic E-state index is 0.0431. The molecule has 2 aromatic carbocycles. The molecule has 27 heavy (non-hydrogen) atoms. The molecule has 3 rings (SSSR count). The van der Waals surface area contributed by atoms with Crippen molar-refractivity contribution in [3.8, 4) is 5.75 Å². The van der Waals surface area contributed by atoms with E-state index in [4.69, 9.17) is 4.74 Å². The summed E-state index contributed by atoms with van der Waals surface area (Å²) in [5, 5.41) is 2.82. The van der Waals surface area contributed by atoms with Crippen LogP contribution in [0.2, 0.25) is 0 Å². The van der Waals surface area contributed by atoms with Gasteiger partial charge in [0, 0.05) is 44.2 Å². The third-order valence-corrected chi connectivity index (χ3v) is 5.25. The van der Waals surface area contributed by atoms with Crippen LogP contribution in [0.5, 0.6) is 5.75 Å². The highest BCUT2D eigenvalue weighted by molar-refractivity contribution is 5.88. The van der Waals surface area contributed by atoms with Gasteiger partial charge in [-0.25, -0.2) is 0 Å². The molecule has 1 heterocycles. The largest absolute Gasteiger partial charge is 0.497 e. The number of anilines is 1. The molecule has 2 atom stereocenters. The molecular weight excluding hydrogens is 338 g/mol. The van der Waals surface area contributed by atoms with Gasteiger partial charge in [0.05, 0.1) is 7.11 Å². The number of rotatable bonds is 6. The molecule has 1 fully saturated rings. The Balaban J connectivity index is 1.69. The molecule has 0 saturated carbocycles. The molecule has 2 aromatic rings. The lowest BCUT2D eigenvalue weighted by Gasteiger charge is -2.25. The number of amides is 1. The van der Waals surface area contributed by atoms with E-state index in [1.54, 1.807) is 7.11 Å². The van der Waals surface area contributed by atoms with E-state index in [1.165, 1.54) is 18.1 Å². The molecule has 0 unspecified atom stereocenters. The fourth-order valence-electron chi connectivity index (χ4n) is 3.85. The van der Waals surface area contributed by atoms with E-state index in [0.29, 0.717) is 12.0 Å². The zero-order valence-electron chi connectivity index (χ0n) is 16.6. The molecule has 0 radical (unpaired) electrons. The first-order chi connectivity index (χ1) is 13.0. The molecule has 1 saturated heterocycles. The molecule has 5 heteroatoms. The van der Waals surface area contributed by atoms with Crippen LogP contribution < -0.4 is 10.1 Å². The number of nitrogens with zero attached hydrogens (tertiary/aromatic N) is 2. The predicted molar refractivity (Wildman–Crippen MR) is 109 cm³/mol. The average Bonchev–Trinajstić information content (AvgIpc) is 3.07.